The van der Waals surface area contributed by atoms with E-state index in [-0.39, 0.29) is 42.7 Å². The molecule has 2 amide bonds. The molecule has 1 aromatic carbocycles. The monoisotopic (exact) mass is 538 g/mol. The molecule has 1 aliphatic rings. The second kappa shape index (κ2) is 14.4. The first-order chi connectivity index (χ1) is 16.2. The Morgan fingerprint density at radius 2 is 1.75 bits per heavy atom. The molecule has 1 aromatic heterocycles. The predicted molar refractivity (Wildman–Crippen MR) is 150 cm³/mol. The van der Waals surface area contributed by atoms with Crippen LogP contribution >= 0.6 is 24.8 Å². The molecule has 0 radical (unpaired) electrons. The molecule has 1 aliphatic heterocycles. The van der Waals surface area contributed by atoms with Gasteiger partial charge in [-0.2, -0.15) is 0 Å². The smallest absolute Gasteiger partial charge is 0.321 e. The van der Waals surface area contributed by atoms with Gasteiger partial charge in [-0.05, 0) is 57.1 Å². The number of aryl methyl sites for hydroxylation is 2. The Morgan fingerprint density at radius 3 is 2.28 bits per heavy atom. The third-order valence-corrected chi connectivity index (χ3v) is 6.34. The Hall–Kier alpha value is -2.35. The number of ether oxygens (including phenoxy) is 1. The van der Waals surface area contributed by atoms with Crippen LogP contribution in [0.1, 0.15) is 56.1 Å². The maximum Gasteiger partial charge on any atom is 0.321 e. The van der Waals surface area contributed by atoms with Crippen LogP contribution in [0.2, 0.25) is 0 Å². The number of pyridine rings is 1. The van der Waals surface area contributed by atoms with E-state index in [2.05, 4.69) is 50.4 Å². The van der Waals surface area contributed by atoms with E-state index >= 15 is 0 Å². The Labute approximate surface area is 227 Å². The molecule has 3 rings (SSSR count). The predicted octanol–water partition coefficient (Wildman–Crippen LogP) is 5.67. The molecule has 36 heavy (non-hydrogen) atoms. The number of amides is 2. The average molecular weight is 540 g/mol. The van der Waals surface area contributed by atoms with Crippen LogP contribution in [0.4, 0.5) is 10.5 Å². The number of halogens is 2. The Morgan fingerprint density at radius 1 is 1.14 bits per heavy atom. The van der Waals surface area contributed by atoms with Gasteiger partial charge >= 0.3 is 12.0 Å². The highest BCUT2D eigenvalue weighted by atomic mass is 35.5. The molecule has 1 fully saturated rings. The van der Waals surface area contributed by atoms with Crippen molar-refractivity contribution in [3.63, 3.8) is 0 Å². The van der Waals surface area contributed by atoms with Crippen LogP contribution in [0.5, 0.6) is 0 Å². The first kappa shape index (κ1) is 31.7. The topological polar surface area (TPSA) is 97.5 Å². The maximum absolute atomic E-state index is 13.3. The number of rotatable bonds is 7. The Kier molecular flexibility index (Phi) is 12.7. The number of piperidine rings is 1. The first-order valence-corrected chi connectivity index (χ1v) is 12.3. The van der Waals surface area contributed by atoms with Crippen molar-refractivity contribution in [2.75, 3.05) is 25.0 Å². The number of urea groups is 1. The van der Waals surface area contributed by atoms with Crippen LogP contribution in [-0.4, -0.2) is 41.6 Å². The molecule has 200 valence electrons. The largest absolute Gasteiger partial charge is 0.466 e. The van der Waals surface area contributed by atoms with Gasteiger partial charge < -0.3 is 20.7 Å². The molecule has 2 aromatic rings. The third kappa shape index (κ3) is 7.58. The maximum atomic E-state index is 13.3. The quantitative estimate of drug-likeness (QED) is 0.442. The number of likely N-dealkylation sites (tertiary alicyclic amines) is 1. The van der Waals surface area contributed by atoms with Gasteiger partial charge in [0.1, 0.15) is 0 Å². The first-order valence-electron chi connectivity index (χ1n) is 12.3. The van der Waals surface area contributed by atoms with E-state index < -0.39 is 0 Å². The minimum atomic E-state index is -0.180. The zero-order valence-electron chi connectivity index (χ0n) is 21.9. The zero-order chi connectivity index (χ0) is 24.8. The van der Waals surface area contributed by atoms with Crippen molar-refractivity contribution in [3.8, 4) is 11.1 Å². The van der Waals surface area contributed by atoms with Crippen molar-refractivity contribution < 1.29 is 14.3 Å². The van der Waals surface area contributed by atoms with E-state index in [0.29, 0.717) is 50.7 Å². The summed E-state index contributed by atoms with van der Waals surface area (Å²) >= 11 is 0. The van der Waals surface area contributed by atoms with Gasteiger partial charge in [0, 0.05) is 30.9 Å². The second-order valence-electron chi connectivity index (χ2n) is 9.48. The summed E-state index contributed by atoms with van der Waals surface area (Å²) in [5, 5.41) is 3.14. The van der Waals surface area contributed by atoms with Gasteiger partial charge in [-0.15, -0.1) is 24.8 Å². The standard InChI is InChI=1S/C27H38N4O3.2ClH/c1-6-34-26(32)21-11-13-31(14-12-21)27(33)30-25-19(5)29-23(15-17(2)3)22(16-28)24(25)20-9-7-18(4)8-10-20;;/h7-10,17,21H,6,11-16,28H2,1-5H3,(H,30,33);2*1H. The van der Waals surface area contributed by atoms with Crippen LogP contribution in [0.15, 0.2) is 24.3 Å². The molecular weight excluding hydrogens is 499 g/mol. The fourth-order valence-electron chi connectivity index (χ4n) is 4.53. The zero-order valence-corrected chi connectivity index (χ0v) is 23.6. The summed E-state index contributed by atoms with van der Waals surface area (Å²) in [4.78, 5) is 31.9. The summed E-state index contributed by atoms with van der Waals surface area (Å²) in [5.41, 5.74) is 12.8. The van der Waals surface area contributed by atoms with E-state index in [1.165, 1.54) is 5.56 Å². The summed E-state index contributed by atoms with van der Waals surface area (Å²) in [6, 6.07) is 8.10. The number of nitrogens with two attached hydrogens (primary N) is 1. The summed E-state index contributed by atoms with van der Waals surface area (Å²) in [6.07, 6.45) is 2.03. The van der Waals surface area contributed by atoms with Gasteiger partial charge in [0.15, 0.2) is 0 Å². The molecule has 0 unspecified atom stereocenters. The number of aromatic nitrogens is 1. The third-order valence-electron chi connectivity index (χ3n) is 6.34. The number of anilines is 1. The Bertz CT molecular complexity index is 1020. The average Bonchev–Trinajstić information content (AvgIpc) is 2.81. The lowest BCUT2D eigenvalue weighted by molar-refractivity contribution is -0.149. The SMILES string of the molecule is CCOC(=O)C1CCN(C(=O)Nc2c(C)nc(CC(C)C)c(CN)c2-c2ccc(C)cc2)CC1.Cl.Cl. The molecule has 0 spiro atoms. The van der Waals surface area contributed by atoms with Crippen LogP contribution < -0.4 is 11.1 Å². The van der Waals surface area contributed by atoms with E-state index in [1.807, 2.05) is 13.8 Å². The molecule has 0 aliphatic carbocycles. The number of benzene rings is 1. The number of carbonyl (C=O) groups excluding carboxylic acids is 2. The highest BCUT2D eigenvalue weighted by Crippen LogP contribution is 2.36. The lowest BCUT2D eigenvalue weighted by Gasteiger charge is -2.31. The summed E-state index contributed by atoms with van der Waals surface area (Å²) in [5.74, 6) is 0.122. The van der Waals surface area contributed by atoms with Gasteiger partial charge in [0.2, 0.25) is 0 Å². The number of nitrogens with one attached hydrogen (secondary N) is 1. The van der Waals surface area contributed by atoms with E-state index in [9.17, 15) is 9.59 Å². The fourth-order valence-corrected chi connectivity index (χ4v) is 4.53. The van der Waals surface area contributed by atoms with Crippen molar-refractivity contribution in [1.82, 2.24) is 9.88 Å². The minimum absolute atomic E-state index is 0. The van der Waals surface area contributed by atoms with Crippen molar-refractivity contribution in [3.05, 3.63) is 46.8 Å². The summed E-state index contributed by atoms with van der Waals surface area (Å²) in [6.45, 7) is 11.9. The van der Waals surface area contributed by atoms with Crippen LogP contribution in [0, 0.1) is 25.7 Å². The highest BCUT2D eigenvalue weighted by molar-refractivity contribution is 5.96. The molecule has 0 bridgehead atoms. The Balaban J connectivity index is 0.00000324. The lowest BCUT2D eigenvalue weighted by atomic mass is 9.92. The minimum Gasteiger partial charge on any atom is -0.466 e. The van der Waals surface area contributed by atoms with Crippen molar-refractivity contribution in [1.29, 1.82) is 0 Å². The molecular formula is C27H40Cl2N4O3. The van der Waals surface area contributed by atoms with E-state index in [4.69, 9.17) is 15.5 Å². The molecule has 7 nitrogen and oxygen atoms in total. The van der Waals surface area contributed by atoms with Gasteiger partial charge in [-0.3, -0.25) is 9.78 Å². The van der Waals surface area contributed by atoms with Gasteiger partial charge in [0.05, 0.1) is 23.9 Å². The van der Waals surface area contributed by atoms with Crippen LogP contribution in [0.25, 0.3) is 11.1 Å². The van der Waals surface area contributed by atoms with Crippen molar-refractivity contribution in [2.45, 2.75) is 60.4 Å². The van der Waals surface area contributed by atoms with Crippen molar-refractivity contribution in [2.24, 2.45) is 17.6 Å². The molecule has 0 atom stereocenters. The molecule has 0 saturated carbocycles. The molecule has 1 saturated heterocycles. The normalized spacial score (nSPS) is 13.6. The fraction of sp³-hybridized carbons (Fsp3) is 0.519. The van der Waals surface area contributed by atoms with Gasteiger partial charge in [-0.25, -0.2) is 4.79 Å². The van der Waals surface area contributed by atoms with Crippen LogP contribution in [0.3, 0.4) is 0 Å². The number of esters is 1. The van der Waals surface area contributed by atoms with Crippen LogP contribution in [-0.2, 0) is 22.5 Å². The number of hydrogen-bond donors (Lipinski definition) is 2. The number of hydrogen-bond acceptors (Lipinski definition) is 5. The van der Waals surface area contributed by atoms with Gasteiger partial charge in [0.25, 0.3) is 0 Å². The van der Waals surface area contributed by atoms with Crippen molar-refractivity contribution >= 4 is 42.5 Å². The molecule has 2 heterocycles. The number of carbonyl (C=O) groups is 2. The number of nitrogens with zero attached hydrogens (tertiary/aromatic N) is 2. The second-order valence-corrected chi connectivity index (χ2v) is 9.48. The lowest BCUT2D eigenvalue weighted by Crippen LogP contribution is -2.43. The molecule has 3 N–H and O–H groups in total. The van der Waals surface area contributed by atoms with Gasteiger partial charge in [-0.1, -0.05) is 43.7 Å². The van der Waals surface area contributed by atoms with E-state index in [0.717, 1.165) is 34.5 Å². The van der Waals surface area contributed by atoms with E-state index in [1.54, 1.807) is 4.90 Å². The highest BCUT2D eigenvalue weighted by Gasteiger charge is 2.29. The summed E-state index contributed by atoms with van der Waals surface area (Å²) in [7, 11) is 0. The molecule has 9 heteroatoms. The summed E-state index contributed by atoms with van der Waals surface area (Å²) < 4.78 is 5.15.